The van der Waals surface area contributed by atoms with Gasteiger partial charge in [0.1, 0.15) is 12.4 Å². The Morgan fingerprint density at radius 2 is 1.77 bits per heavy atom. The second-order valence-electron chi connectivity index (χ2n) is 6.61. The van der Waals surface area contributed by atoms with Crippen LogP contribution in [0.3, 0.4) is 0 Å². The van der Waals surface area contributed by atoms with Crippen LogP contribution in [0.1, 0.15) is 18.4 Å². The van der Waals surface area contributed by atoms with Crippen molar-refractivity contribution in [2.45, 2.75) is 19.0 Å². The molecular formula is C20H22ClF3N2O4S. The second kappa shape index (κ2) is 10.7. The molecular weight excluding hydrogens is 457 g/mol. The van der Waals surface area contributed by atoms with E-state index in [0.717, 1.165) is 18.4 Å². The summed E-state index contributed by atoms with van der Waals surface area (Å²) in [6.45, 7) is 0.163. The molecule has 2 aromatic rings. The molecule has 0 aromatic heterocycles. The number of hydrogen-bond donors (Lipinski definition) is 1. The van der Waals surface area contributed by atoms with Crippen LogP contribution >= 0.6 is 11.6 Å². The molecule has 0 aliphatic heterocycles. The fraction of sp³-hybridized carbons (Fsp3) is 0.350. The minimum absolute atomic E-state index is 0.0448. The highest BCUT2D eigenvalue weighted by molar-refractivity contribution is 7.92. The van der Waals surface area contributed by atoms with Gasteiger partial charge in [-0.25, -0.2) is 8.42 Å². The highest BCUT2D eigenvalue weighted by Gasteiger charge is 2.36. The summed E-state index contributed by atoms with van der Waals surface area (Å²) in [5, 5.41) is 3.19. The summed E-state index contributed by atoms with van der Waals surface area (Å²) in [5.41, 5.74) is -1.52. The number of para-hydroxylation sites is 1. The van der Waals surface area contributed by atoms with E-state index >= 15 is 0 Å². The van der Waals surface area contributed by atoms with Crippen molar-refractivity contribution in [1.29, 1.82) is 0 Å². The molecule has 170 valence electrons. The SMILES string of the molecule is CS(=O)(=O)N(CCCC(=O)NCCOc1ccc(Cl)cc1)c1ccccc1C(F)(F)F. The topological polar surface area (TPSA) is 75.7 Å². The van der Waals surface area contributed by atoms with E-state index in [1.165, 1.54) is 12.1 Å². The fourth-order valence-corrected chi connectivity index (χ4v) is 3.86. The number of sulfonamides is 1. The zero-order chi connectivity index (χ0) is 23.1. The maximum absolute atomic E-state index is 13.3. The van der Waals surface area contributed by atoms with Gasteiger partial charge in [0.15, 0.2) is 0 Å². The van der Waals surface area contributed by atoms with Gasteiger partial charge in [0.05, 0.1) is 24.1 Å². The number of amides is 1. The Morgan fingerprint density at radius 1 is 1.13 bits per heavy atom. The Balaban J connectivity index is 1.87. The first-order valence-electron chi connectivity index (χ1n) is 9.27. The molecule has 2 aromatic carbocycles. The molecule has 0 spiro atoms. The summed E-state index contributed by atoms with van der Waals surface area (Å²) in [6, 6.07) is 11.1. The van der Waals surface area contributed by atoms with E-state index < -0.39 is 27.5 Å². The van der Waals surface area contributed by atoms with Gasteiger partial charge in [-0.05, 0) is 42.8 Å². The number of halogens is 4. The quantitative estimate of drug-likeness (QED) is 0.522. The lowest BCUT2D eigenvalue weighted by Gasteiger charge is -2.25. The van der Waals surface area contributed by atoms with Gasteiger partial charge in [0.2, 0.25) is 15.9 Å². The normalized spacial score (nSPS) is 11.8. The lowest BCUT2D eigenvalue weighted by Crippen LogP contribution is -2.34. The molecule has 0 saturated heterocycles. The first kappa shape index (κ1) is 24.8. The van der Waals surface area contributed by atoms with Gasteiger partial charge in [-0.2, -0.15) is 13.2 Å². The average molecular weight is 479 g/mol. The Labute approximate surface area is 184 Å². The number of carbonyl (C=O) groups excluding carboxylic acids is 1. The van der Waals surface area contributed by atoms with Gasteiger partial charge in [-0.1, -0.05) is 23.7 Å². The largest absolute Gasteiger partial charge is 0.492 e. The van der Waals surface area contributed by atoms with Gasteiger partial charge in [0, 0.05) is 18.0 Å². The Bertz CT molecular complexity index is 983. The van der Waals surface area contributed by atoms with E-state index in [1.807, 2.05) is 0 Å². The van der Waals surface area contributed by atoms with Crippen LogP contribution in [-0.4, -0.2) is 40.3 Å². The minimum Gasteiger partial charge on any atom is -0.492 e. The van der Waals surface area contributed by atoms with Crippen molar-refractivity contribution in [1.82, 2.24) is 5.32 Å². The van der Waals surface area contributed by atoms with Gasteiger partial charge >= 0.3 is 6.18 Å². The van der Waals surface area contributed by atoms with Crippen molar-refractivity contribution >= 4 is 33.2 Å². The molecule has 2 rings (SSSR count). The highest BCUT2D eigenvalue weighted by Crippen LogP contribution is 2.37. The molecule has 0 heterocycles. The van der Waals surface area contributed by atoms with Gasteiger partial charge in [-0.3, -0.25) is 9.10 Å². The smallest absolute Gasteiger partial charge is 0.418 e. The van der Waals surface area contributed by atoms with Crippen molar-refractivity contribution in [3.8, 4) is 5.75 Å². The van der Waals surface area contributed by atoms with E-state index in [1.54, 1.807) is 24.3 Å². The third-order valence-corrected chi connectivity index (χ3v) is 5.58. The van der Waals surface area contributed by atoms with E-state index in [2.05, 4.69) is 5.32 Å². The number of hydrogen-bond acceptors (Lipinski definition) is 4. The van der Waals surface area contributed by atoms with Crippen LogP contribution in [0.15, 0.2) is 48.5 Å². The number of ether oxygens (including phenoxy) is 1. The van der Waals surface area contributed by atoms with E-state index in [0.29, 0.717) is 15.1 Å². The molecule has 6 nitrogen and oxygen atoms in total. The van der Waals surface area contributed by atoms with Crippen molar-refractivity contribution in [3.05, 3.63) is 59.1 Å². The standard InChI is InChI=1S/C20H22ClF3N2O4S/c1-31(28,29)26(18-6-3-2-5-17(18)20(22,23)24)13-4-7-19(27)25-12-14-30-16-10-8-15(21)9-11-16/h2-3,5-6,8-11H,4,7,12-14H2,1H3,(H,25,27). The zero-order valence-corrected chi connectivity index (χ0v) is 18.2. The summed E-state index contributed by atoms with van der Waals surface area (Å²) in [4.78, 5) is 12.0. The molecule has 0 atom stereocenters. The average Bonchev–Trinajstić information content (AvgIpc) is 2.68. The molecule has 0 aliphatic rings. The zero-order valence-electron chi connectivity index (χ0n) is 16.7. The van der Waals surface area contributed by atoms with Crippen molar-refractivity contribution in [2.24, 2.45) is 0 Å². The van der Waals surface area contributed by atoms with Crippen LogP contribution in [0.5, 0.6) is 5.75 Å². The molecule has 0 fully saturated rings. The van der Waals surface area contributed by atoms with E-state index in [9.17, 15) is 26.4 Å². The van der Waals surface area contributed by atoms with Crippen LogP contribution in [-0.2, 0) is 21.0 Å². The third kappa shape index (κ3) is 7.95. The van der Waals surface area contributed by atoms with E-state index in [4.69, 9.17) is 16.3 Å². The van der Waals surface area contributed by atoms with Crippen LogP contribution in [0.25, 0.3) is 0 Å². The fourth-order valence-electron chi connectivity index (χ4n) is 2.76. The molecule has 31 heavy (non-hydrogen) atoms. The number of nitrogens with one attached hydrogen (secondary N) is 1. The van der Waals surface area contributed by atoms with Gasteiger partial charge < -0.3 is 10.1 Å². The molecule has 0 bridgehead atoms. The molecule has 1 amide bonds. The second-order valence-corrected chi connectivity index (χ2v) is 8.95. The van der Waals surface area contributed by atoms with E-state index in [-0.39, 0.29) is 38.4 Å². The molecule has 0 aliphatic carbocycles. The predicted molar refractivity (Wildman–Crippen MR) is 113 cm³/mol. The molecule has 0 saturated carbocycles. The highest BCUT2D eigenvalue weighted by atomic mass is 35.5. The Morgan fingerprint density at radius 3 is 2.39 bits per heavy atom. The Kier molecular flexibility index (Phi) is 8.58. The molecule has 1 N–H and O–H groups in total. The first-order valence-corrected chi connectivity index (χ1v) is 11.5. The van der Waals surface area contributed by atoms with Gasteiger partial charge in [0.25, 0.3) is 0 Å². The monoisotopic (exact) mass is 478 g/mol. The maximum Gasteiger partial charge on any atom is 0.418 e. The summed E-state index contributed by atoms with van der Waals surface area (Å²) in [5.74, 6) is 0.225. The number of nitrogens with zero attached hydrogens (tertiary/aromatic N) is 1. The number of anilines is 1. The lowest BCUT2D eigenvalue weighted by atomic mass is 10.1. The molecule has 11 heteroatoms. The predicted octanol–water partition coefficient (Wildman–Crippen LogP) is 4.10. The lowest BCUT2D eigenvalue weighted by molar-refractivity contribution is -0.137. The maximum atomic E-state index is 13.3. The van der Waals surface area contributed by atoms with Crippen molar-refractivity contribution in [3.63, 3.8) is 0 Å². The summed E-state index contributed by atoms with van der Waals surface area (Å²) < 4.78 is 70.1. The van der Waals surface area contributed by atoms with Crippen LogP contribution < -0.4 is 14.4 Å². The van der Waals surface area contributed by atoms with Gasteiger partial charge in [-0.15, -0.1) is 0 Å². The third-order valence-electron chi connectivity index (χ3n) is 4.15. The first-order chi connectivity index (χ1) is 14.5. The van der Waals surface area contributed by atoms with Crippen molar-refractivity contribution in [2.75, 3.05) is 30.3 Å². The Hall–Kier alpha value is -2.46. The number of carbonyl (C=O) groups is 1. The summed E-state index contributed by atoms with van der Waals surface area (Å²) >= 11 is 5.77. The number of alkyl halides is 3. The van der Waals surface area contributed by atoms with Crippen LogP contribution in [0, 0.1) is 0 Å². The summed E-state index contributed by atoms with van der Waals surface area (Å²) in [6.07, 6.45) is -3.89. The minimum atomic E-state index is -4.71. The number of benzene rings is 2. The van der Waals surface area contributed by atoms with Crippen LogP contribution in [0.2, 0.25) is 5.02 Å². The number of rotatable bonds is 10. The molecule has 0 radical (unpaired) electrons. The summed E-state index contributed by atoms with van der Waals surface area (Å²) in [7, 11) is -3.98. The van der Waals surface area contributed by atoms with Crippen LogP contribution in [0.4, 0.5) is 18.9 Å². The molecule has 0 unspecified atom stereocenters. The van der Waals surface area contributed by atoms with Crippen molar-refractivity contribution < 1.29 is 31.1 Å².